The molecule has 1 rings (SSSR count). The normalized spacial score (nSPS) is 12.6. The SMILES string of the molecule is O=C(O)C(O)CCn1c(O)ccc1O. The molecule has 1 unspecified atom stereocenters. The number of carboxylic acid groups (broad SMARTS) is 1. The van der Waals surface area contributed by atoms with E-state index in [0.29, 0.717) is 0 Å². The molecular formula is C8H11NO5. The minimum absolute atomic E-state index is 0.0398. The standard InChI is InChI=1S/C8H11NO5/c10-5(8(13)14)3-4-9-6(11)1-2-7(9)12/h1-2,5,10-12H,3-4H2,(H,13,14). The molecule has 0 radical (unpaired) electrons. The third kappa shape index (κ3) is 2.17. The average Bonchev–Trinajstić information content (AvgIpc) is 2.43. The van der Waals surface area contributed by atoms with Crippen LogP contribution in [0.1, 0.15) is 6.42 Å². The predicted molar refractivity (Wildman–Crippen MR) is 46.0 cm³/mol. The van der Waals surface area contributed by atoms with Crippen molar-refractivity contribution in [2.24, 2.45) is 0 Å². The van der Waals surface area contributed by atoms with E-state index >= 15 is 0 Å². The molecule has 0 aliphatic rings. The zero-order valence-corrected chi connectivity index (χ0v) is 7.29. The van der Waals surface area contributed by atoms with E-state index in [2.05, 4.69) is 0 Å². The fraction of sp³-hybridized carbons (Fsp3) is 0.375. The Hall–Kier alpha value is -1.69. The number of carbonyl (C=O) groups is 1. The molecule has 0 aliphatic heterocycles. The van der Waals surface area contributed by atoms with Crippen LogP contribution in [0, 0.1) is 0 Å². The summed E-state index contributed by atoms with van der Waals surface area (Å²) in [5.74, 6) is -1.66. The molecule has 6 nitrogen and oxygen atoms in total. The number of rotatable bonds is 4. The van der Waals surface area contributed by atoms with Gasteiger partial charge in [-0.2, -0.15) is 0 Å². The van der Waals surface area contributed by atoms with Crippen molar-refractivity contribution in [2.45, 2.75) is 19.1 Å². The van der Waals surface area contributed by atoms with Crippen LogP contribution < -0.4 is 0 Å². The molecule has 0 fully saturated rings. The number of aliphatic hydroxyl groups is 1. The van der Waals surface area contributed by atoms with Crippen molar-refractivity contribution in [1.82, 2.24) is 4.57 Å². The Morgan fingerprint density at radius 2 is 1.86 bits per heavy atom. The summed E-state index contributed by atoms with van der Waals surface area (Å²) in [6.45, 7) is 0.0398. The Morgan fingerprint density at radius 3 is 2.29 bits per heavy atom. The van der Waals surface area contributed by atoms with Gasteiger partial charge in [-0.25, -0.2) is 4.79 Å². The van der Waals surface area contributed by atoms with Crippen LogP contribution in [0.3, 0.4) is 0 Å². The van der Waals surface area contributed by atoms with Crippen LogP contribution in [0.4, 0.5) is 0 Å². The first kappa shape index (κ1) is 10.4. The molecule has 4 N–H and O–H groups in total. The highest BCUT2D eigenvalue weighted by Gasteiger charge is 2.14. The lowest BCUT2D eigenvalue weighted by atomic mass is 10.2. The minimum Gasteiger partial charge on any atom is -0.494 e. The lowest BCUT2D eigenvalue weighted by Crippen LogP contribution is -2.21. The molecular weight excluding hydrogens is 190 g/mol. The van der Waals surface area contributed by atoms with E-state index in [0.717, 1.165) is 4.57 Å². The van der Waals surface area contributed by atoms with E-state index in [4.69, 9.17) is 20.4 Å². The van der Waals surface area contributed by atoms with Gasteiger partial charge in [0.05, 0.1) is 0 Å². The number of hydrogen-bond acceptors (Lipinski definition) is 4. The number of aliphatic hydroxyl groups excluding tert-OH is 1. The molecule has 0 spiro atoms. The number of aliphatic carboxylic acids is 1. The Morgan fingerprint density at radius 1 is 1.36 bits per heavy atom. The molecule has 14 heavy (non-hydrogen) atoms. The summed E-state index contributed by atoms with van der Waals surface area (Å²) in [6, 6.07) is 2.56. The molecule has 0 bridgehead atoms. The van der Waals surface area contributed by atoms with Gasteiger partial charge in [0.25, 0.3) is 0 Å². The van der Waals surface area contributed by atoms with Gasteiger partial charge in [-0.1, -0.05) is 0 Å². The van der Waals surface area contributed by atoms with E-state index in [1.165, 1.54) is 12.1 Å². The molecule has 1 heterocycles. The molecule has 0 aromatic carbocycles. The van der Waals surface area contributed by atoms with Crippen molar-refractivity contribution in [1.29, 1.82) is 0 Å². The maximum absolute atomic E-state index is 10.2. The van der Waals surface area contributed by atoms with Crippen LogP contribution in [0.25, 0.3) is 0 Å². The third-order valence-electron chi connectivity index (χ3n) is 1.85. The van der Waals surface area contributed by atoms with Crippen LogP contribution in [-0.2, 0) is 11.3 Å². The summed E-state index contributed by atoms with van der Waals surface area (Å²) in [4.78, 5) is 10.2. The lowest BCUT2D eigenvalue weighted by molar-refractivity contribution is -0.147. The first-order valence-corrected chi connectivity index (χ1v) is 4.00. The van der Waals surface area contributed by atoms with Gasteiger partial charge in [-0.3, -0.25) is 4.57 Å². The molecule has 78 valence electrons. The Labute approximate surface area is 79.6 Å². The topological polar surface area (TPSA) is 103 Å². The molecule has 0 saturated heterocycles. The zero-order valence-electron chi connectivity index (χ0n) is 7.29. The summed E-state index contributed by atoms with van der Waals surface area (Å²) in [6.07, 6.45) is -1.57. The van der Waals surface area contributed by atoms with Crippen LogP contribution in [-0.4, -0.2) is 37.1 Å². The number of nitrogens with zero attached hydrogens (tertiary/aromatic N) is 1. The zero-order chi connectivity index (χ0) is 10.7. The number of hydrogen-bond donors (Lipinski definition) is 4. The highest BCUT2D eigenvalue weighted by molar-refractivity contribution is 5.71. The Bertz CT molecular complexity index is 313. The maximum Gasteiger partial charge on any atom is 0.332 e. The maximum atomic E-state index is 10.2. The monoisotopic (exact) mass is 201 g/mol. The number of aromatic nitrogens is 1. The minimum atomic E-state index is -1.49. The highest BCUT2D eigenvalue weighted by atomic mass is 16.4. The molecule has 0 saturated carbocycles. The van der Waals surface area contributed by atoms with Gasteiger partial charge >= 0.3 is 5.97 Å². The first-order chi connectivity index (χ1) is 6.52. The fourth-order valence-electron chi connectivity index (χ4n) is 1.05. The predicted octanol–water partition coefficient (Wildman–Crippen LogP) is -0.265. The molecule has 1 aromatic rings. The summed E-state index contributed by atoms with van der Waals surface area (Å²) in [7, 11) is 0. The summed E-state index contributed by atoms with van der Waals surface area (Å²) < 4.78 is 1.10. The van der Waals surface area contributed by atoms with Gasteiger partial charge < -0.3 is 20.4 Å². The van der Waals surface area contributed by atoms with Crippen molar-refractivity contribution in [3.8, 4) is 11.8 Å². The average molecular weight is 201 g/mol. The van der Waals surface area contributed by atoms with Gasteiger partial charge in [0.2, 0.25) is 0 Å². The smallest absolute Gasteiger partial charge is 0.332 e. The van der Waals surface area contributed by atoms with Crippen LogP contribution in [0.2, 0.25) is 0 Å². The number of carboxylic acids is 1. The van der Waals surface area contributed by atoms with Crippen LogP contribution >= 0.6 is 0 Å². The van der Waals surface area contributed by atoms with Gasteiger partial charge in [0, 0.05) is 25.1 Å². The second-order valence-corrected chi connectivity index (χ2v) is 2.84. The highest BCUT2D eigenvalue weighted by Crippen LogP contribution is 2.21. The Balaban J connectivity index is 2.57. The van der Waals surface area contributed by atoms with Gasteiger partial charge in [0.1, 0.15) is 0 Å². The molecule has 0 aliphatic carbocycles. The fourth-order valence-corrected chi connectivity index (χ4v) is 1.05. The first-order valence-electron chi connectivity index (χ1n) is 4.00. The molecule has 1 aromatic heterocycles. The van der Waals surface area contributed by atoms with Gasteiger partial charge in [-0.05, 0) is 0 Å². The molecule has 0 amide bonds. The van der Waals surface area contributed by atoms with Gasteiger partial charge in [0.15, 0.2) is 17.9 Å². The van der Waals surface area contributed by atoms with Crippen molar-refractivity contribution in [2.75, 3.05) is 0 Å². The second-order valence-electron chi connectivity index (χ2n) is 2.84. The molecule has 6 heteroatoms. The third-order valence-corrected chi connectivity index (χ3v) is 1.85. The number of aromatic hydroxyl groups is 2. The van der Waals surface area contributed by atoms with E-state index in [-0.39, 0.29) is 24.7 Å². The van der Waals surface area contributed by atoms with E-state index in [1.54, 1.807) is 0 Å². The van der Waals surface area contributed by atoms with Crippen LogP contribution in [0.15, 0.2) is 12.1 Å². The van der Waals surface area contributed by atoms with Crippen molar-refractivity contribution >= 4 is 5.97 Å². The van der Waals surface area contributed by atoms with Crippen molar-refractivity contribution < 1.29 is 25.2 Å². The quantitative estimate of drug-likeness (QED) is 0.537. The van der Waals surface area contributed by atoms with Crippen LogP contribution in [0.5, 0.6) is 11.8 Å². The molecule has 1 atom stereocenters. The lowest BCUT2D eigenvalue weighted by Gasteiger charge is -2.08. The van der Waals surface area contributed by atoms with Crippen molar-refractivity contribution in [3.63, 3.8) is 0 Å². The van der Waals surface area contributed by atoms with Crippen molar-refractivity contribution in [3.05, 3.63) is 12.1 Å². The van der Waals surface area contributed by atoms with E-state index in [9.17, 15) is 4.79 Å². The summed E-state index contributed by atoms with van der Waals surface area (Å²) in [5.41, 5.74) is 0. The summed E-state index contributed by atoms with van der Waals surface area (Å²) in [5, 5.41) is 35.6. The van der Waals surface area contributed by atoms with Gasteiger partial charge in [-0.15, -0.1) is 0 Å². The second kappa shape index (κ2) is 4.01. The van der Waals surface area contributed by atoms with E-state index < -0.39 is 12.1 Å². The largest absolute Gasteiger partial charge is 0.494 e. The summed E-state index contributed by atoms with van der Waals surface area (Å²) >= 11 is 0. The Kier molecular flexibility index (Phi) is 2.98. The van der Waals surface area contributed by atoms with E-state index in [1.807, 2.05) is 0 Å².